The smallest absolute Gasteiger partial charge is 0.123 e. The maximum atomic E-state index is 13.1. The number of ether oxygens (including phenoxy) is 1. The van der Waals surface area contributed by atoms with Crippen LogP contribution in [-0.2, 0) is 6.42 Å². The van der Waals surface area contributed by atoms with Gasteiger partial charge in [-0.1, -0.05) is 0 Å². The van der Waals surface area contributed by atoms with Gasteiger partial charge in [0.25, 0.3) is 0 Å². The maximum Gasteiger partial charge on any atom is 0.123 e. The molecule has 1 aromatic carbocycles. The fraction of sp³-hybridized carbons (Fsp3) is 0.500. The molecule has 16 heavy (non-hydrogen) atoms. The van der Waals surface area contributed by atoms with Gasteiger partial charge in [0.05, 0.1) is 12.7 Å². The first kappa shape index (κ1) is 11.4. The number of halogens is 1. The van der Waals surface area contributed by atoms with E-state index in [1.165, 1.54) is 12.1 Å². The number of methoxy groups -OCH3 is 1. The van der Waals surface area contributed by atoms with Crippen molar-refractivity contribution >= 4 is 0 Å². The van der Waals surface area contributed by atoms with E-state index in [0.29, 0.717) is 30.7 Å². The van der Waals surface area contributed by atoms with Crippen LogP contribution in [0.15, 0.2) is 18.2 Å². The minimum absolute atomic E-state index is 0.301. The van der Waals surface area contributed by atoms with Gasteiger partial charge in [0.2, 0.25) is 0 Å². The topological polar surface area (TPSA) is 41.5 Å². The SMILES string of the molecule is COc1ccc(F)cc1CC1(O)CCNC1. The van der Waals surface area contributed by atoms with Gasteiger partial charge in [-0.15, -0.1) is 0 Å². The van der Waals surface area contributed by atoms with Gasteiger partial charge < -0.3 is 15.2 Å². The van der Waals surface area contributed by atoms with E-state index in [1.807, 2.05) is 0 Å². The molecule has 0 spiro atoms. The minimum atomic E-state index is -0.777. The summed E-state index contributed by atoms with van der Waals surface area (Å²) >= 11 is 0. The largest absolute Gasteiger partial charge is 0.496 e. The van der Waals surface area contributed by atoms with Crippen LogP contribution in [0, 0.1) is 5.82 Å². The quantitative estimate of drug-likeness (QED) is 0.809. The molecule has 0 radical (unpaired) electrons. The molecule has 1 aromatic rings. The number of rotatable bonds is 3. The molecule has 1 fully saturated rings. The summed E-state index contributed by atoms with van der Waals surface area (Å²) in [6.07, 6.45) is 1.10. The third kappa shape index (κ3) is 2.33. The molecule has 1 saturated heterocycles. The first-order valence-electron chi connectivity index (χ1n) is 5.38. The number of benzene rings is 1. The van der Waals surface area contributed by atoms with Crippen LogP contribution < -0.4 is 10.1 Å². The van der Waals surface area contributed by atoms with Gasteiger partial charge in [-0.25, -0.2) is 4.39 Å². The standard InChI is InChI=1S/C12H16FNO2/c1-16-11-3-2-10(13)6-9(11)7-12(15)4-5-14-8-12/h2-3,6,14-15H,4-5,7-8H2,1H3. The van der Waals surface area contributed by atoms with Crippen LogP contribution in [0.5, 0.6) is 5.75 Å². The summed E-state index contributed by atoms with van der Waals surface area (Å²) in [5.74, 6) is 0.326. The summed E-state index contributed by atoms with van der Waals surface area (Å²) in [5, 5.41) is 13.3. The molecule has 4 heteroatoms. The van der Waals surface area contributed by atoms with Gasteiger partial charge >= 0.3 is 0 Å². The van der Waals surface area contributed by atoms with Crippen molar-refractivity contribution < 1.29 is 14.2 Å². The highest BCUT2D eigenvalue weighted by Crippen LogP contribution is 2.27. The van der Waals surface area contributed by atoms with Gasteiger partial charge in [-0.05, 0) is 36.7 Å². The molecule has 2 rings (SSSR count). The molecule has 1 aliphatic rings. The molecule has 0 aromatic heterocycles. The Bertz CT molecular complexity index is 375. The molecule has 1 aliphatic heterocycles. The minimum Gasteiger partial charge on any atom is -0.496 e. The molecule has 1 atom stereocenters. The normalized spacial score (nSPS) is 24.7. The second-order valence-electron chi connectivity index (χ2n) is 4.28. The van der Waals surface area contributed by atoms with E-state index in [-0.39, 0.29) is 5.82 Å². The lowest BCUT2D eigenvalue weighted by Crippen LogP contribution is -2.33. The first-order chi connectivity index (χ1) is 7.63. The Balaban J connectivity index is 2.22. The van der Waals surface area contributed by atoms with Crippen LogP contribution in [0.25, 0.3) is 0 Å². The van der Waals surface area contributed by atoms with Crippen molar-refractivity contribution in [1.82, 2.24) is 5.32 Å². The van der Waals surface area contributed by atoms with Crippen LogP contribution in [0.1, 0.15) is 12.0 Å². The second kappa shape index (κ2) is 4.39. The van der Waals surface area contributed by atoms with Crippen molar-refractivity contribution in [1.29, 1.82) is 0 Å². The predicted octanol–water partition coefficient (Wildman–Crippen LogP) is 1.10. The fourth-order valence-corrected chi connectivity index (χ4v) is 2.12. The zero-order valence-electron chi connectivity index (χ0n) is 9.29. The zero-order chi connectivity index (χ0) is 11.6. The average Bonchev–Trinajstić information content (AvgIpc) is 2.65. The molecule has 2 N–H and O–H groups in total. The van der Waals surface area contributed by atoms with Gasteiger partial charge in [0.1, 0.15) is 11.6 Å². The van der Waals surface area contributed by atoms with Crippen LogP contribution in [-0.4, -0.2) is 30.9 Å². The highest BCUT2D eigenvalue weighted by atomic mass is 19.1. The first-order valence-corrected chi connectivity index (χ1v) is 5.38. The Morgan fingerprint density at radius 1 is 1.56 bits per heavy atom. The summed E-state index contributed by atoms with van der Waals surface area (Å²) in [5.41, 5.74) is -0.0603. The Hall–Kier alpha value is -1.13. The van der Waals surface area contributed by atoms with Gasteiger partial charge in [0.15, 0.2) is 0 Å². The van der Waals surface area contributed by atoms with Gasteiger partial charge in [-0.3, -0.25) is 0 Å². The van der Waals surface area contributed by atoms with Crippen molar-refractivity contribution in [3.8, 4) is 5.75 Å². The summed E-state index contributed by atoms with van der Waals surface area (Å²) in [7, 11) is 1.55. The molecule has 3 nitrogen and oxygen atoms in total. The average molecular weight is 225 g/mol. The Morgan fingerprint density at radius 3 is 3.00 bits per heavy atom. The van der Waals surface area contributed by atoms with Gasteiger partial charge in [-0.2, -0.15) is 0 Å². The van der Waals surface area contributed by atoms with E-state index in [2.05, 4.69) is 5.32 Å². The van der Waals surface area contributed by atoms with Crippen LogP contribution in [0.4, 0.5) is 4.39 Å². The van der Waals surface area contributed by atoms with Gasteiger partial charge in [0, 0.05) is 13.0 Å². The molecule has 0 aliphatic carbocycles. The van der Waals surface area contributed by atoms with E-state index in [1.54, 1.807) is 13.2 Å². The summed E-state index contributed by atoms with van der Waals surface area (Å²) in [6, 6.07) is 4.38. The third-order valence-corrected chi connectivity index (χ3v) is 2.98. The molecule has 1 unspecified atom stereocenters. The Labute approximate surface area is 94.2 Å². The number of hydrogen-bond donors (Lipinski definition) is 2. The van der Waals surface area contributed by atoms with Crippen LogP contribution in [0.2, 0.25) is 0 Å². The van der Waals surface area contributed by atoms with E-state index >= 15 is 0 Å². The summed E-state index contributed by atoms with van der Waals surface area (Å²) < 4.78 is 18.3. The number of hydrogen-bond acceptors (Lipinski definition) is 3. The molecule has 0 saturated carbocycles. The maximum absolute atomic E-state index is 13.1. The van der Waals surface area contributed by atoms with E-state index < -0.39 is 5.60 Å². The summed E-state index contributed by atoms with van der Waals surface area (Å²) in [4.78, 5) is 0. The molecule has 0 bridgehead atoms. The highest BCUT2D eigenvalue weighted by Gasteiger charge is 2.32. The lowest BCUT2D eigenvalue weighted by Gasteiger charge is -2.22. The highest BCUT2D eigenvalue weighted by molar-refractivity contribution is 5.35. The monoisotopic (exact) mass is 225 g/mol. The van der Waals surface area contributed by atoms with Crippen molar-refractivity contribution in [2.45, 2.75) is 18.4 Å². The lowest BCUT2D eigenvalue weighted by molar-refractivity contribution is 0.0612. The zero-order valence-corrected chi connectivity index (χ0v) is 9.29. The fourth-order valence-electron chi connectivity index (χ4n) is 2.12. The van der Waals surface area contributed by atoms with Crippen molar-refractivity contribution in [3.05, 3.63) is 29.6 Å². The number of nitrogens with one attached hydrogen (secondary N) is 1. The predicted molar refractivity (Wildman–Crippen MR) is 59.1 cm³/mol. The Morgan fingerprint density at radius 2 is 2.38 bits per heavy atom. The molecular formula is C12H16FNO2. The van der Waals surface area contributed by atoms with Crippen molar-refractivity contribution in [3.63, 3.8) is 0 Å². The van der Waals surface area contributed by atoms with E-state index in [9.17, 15) is 9.50 Å². The van der Waals surface area contributed by atoms with E-state index in [4.69, 9.17) is 4.74 Å². The van der Waals surface area contributed by atoms with Crippen LogP contribution in [0.3, 0.4) is 0 Å². The molecular weight excluding hydrogens is 209 g/mol. The van der Waals surface area contributed by atoms with E-state index in [0.717, 1.165) is 6.54 Å². The molecule has 88 valence electrons. The lowest BCUT2D eigenvalue weighted by atomic mass is 9.93. The second-order valence-corrected chi connectivity index (χ2v) is 4.28. The molecule has 0 amide bonds. The third-order valence-electron chi connectivity index (χ3n) is 2.98. The molecule has 1 heterocycles. The van der Waals surface area contributed by atoms with Crippen molar-refractivity contribution in [2.75, 3.05) is 20.2 Å². The van der Waals surface area contributed by atoms with Crippen molar-refractivity contribution in [2.24, 2.45) is 0 Å². The summed E-state index contributed by atoms with van der Waals surface area (Å²) in [6.45, 7) is 1.35. The number of aliphatic hydroxyl groups is 1. The van der Waals surface area contributed by atoms with Crippen LogP contribution >= 0.6 is 0 Å². The Kier molecular flexibility index (Phi) is 3.12. The number of β-amino-alcohol motifs (C(OH)–C–C–N with tert-alkyl or cyclic N) is 1.